The number of thioether (sulfide) groups is 1. The first kappa shape index (κ1) is 18.8. The van der Waals surface area contributed by atoms with Gasteiger partial charge in [-0.2, -0.15) is 0 Å². The van der Waals surface area contributed by atoms with Crippen molar-refractivity contribution in [3.8, 4) is 28.6 Å². The molecule has 9 heteroatoms. The van der Waals surface area contributed by atoms with Crippen LogP contribution < -0.4 is 20.1 Å². The molecule has 0 atom stereocenters. The highest BCUT2D eigenvalue weighted by molar-refractivity contribution is 7.99. The summed E-state index contributed by atoms with van der Waals surface area (Å²) < 4.78 is 30.4. The molecule has 0 saturated heterocycles. The summed E-state index contributed by atoms with van der Waals surface area (Å²) in [7, 11) is 3.14. The summed E-state index contributed by atoms with van der Waals surface area (Å²) in [5, 5.41) is 8.83. The summed E-state index contributed by atoms with van der Waals surface area (Å²) in [6, 6.07) is 11.3. The molecule has 0 aliphatic carbocycles. The highest BCUT2D eigenvalue weighted by atomic mass is 32.2. The van der Waals surface area contributed by atoms with E-state index in [0.29, 0.717) is 40.6 Å². The van der Waals surface area contributed by atoms with Crippen LogP contribution in [0.5, 0.6) is 17.2 Å². The quantitative estimate of drug-likeness (QED) is 0.360. The highest BCUT2D eigenvalue weighted by Crippen LogP contribution is 2.32. The number of rotatable bonds is 8. The molecule has 3 rings (SSSR count). The Morgan fingerprint density at radius 2 is 1.78 bits per heavy atom. The van der Waals surface area contributed by atoms with Crippen molar-refractivity contribution in [3.05, 3.63) is 48.3 Å². The zero-order valence-electron chi connectivity index (χ0n) is 14.9. The minimum absolute atomic E-state index is 0.296. The molecule has 0 aliphatic heterocycles. The van der Waals surface area contributed by atoms with Gasteiger partial charge in [-0.15, -0.1) is 10.2 Å². The van der Waals surface area contributed by atoms with Crippen LogP contribution in [-0.2, 0) is 0 Å². The summed E-state index contributed by atoms with van der Waals surface area (Å²) in [4.78, 5) is 0. The van der Waals surface area contributed by atoms with E-state index in [4.69, 9.17) is 20.1 Å². The van der Waals surface area contributed by atoms with Crippen molar-refractivity contribution in [3.63, 3.8) is 0 Å². The van der Waals surface area contributed by atoms with Crippen molar-refractivity contribution < 1.29 is 18.6 Å². The number of aromatic nitrogens is 3. The van der Waals surface area contributed by atoms with Crippen molar-refractivity contribution in [1.82, 2.24) is 14.9 Å². The molecule has 0 fully saturated rings. The number of hydrogen-bond donors (Lipinski definition) is 1. The van der Waals surface area contributed by atoms with Crippen molar-refractivity contribution in [1.29, 1.82) is 0 Å². The number of ether oxygens (including phenoxy) is 3. The number of halogens is 1. The average molecular weight is 390 g/mol. The van der Waals surface area contributed by atoms with Gasteiger partial charge in [-0.05, 0) is 42.5 Å². The number of benzene rings is 2. The van der Waals surface area contributed by atoms with Crippen LogP contribution in [0.3, 0.4) is 0 Å². The van der Waals surface area contributed by atoms with E-state index in [0.717, 1.165) is 5.56 Å². The number of methoxy groups -OCH3 is 2. The predicted octanol–water partition coefficient (Wildman–Crippen LogP) is 2.99. The van der Waals surface area contributed by atoms with E-state index >= 15 is 0 Å². The Morgan fingerprint density at radius 1 is 1.04 bits per heavy atom. The van der Waals surface area contributed by atoms with Gasteiger partial charge in [0.25, 0.3) is 0 Å². The lowest BCUT2D eigenvalue weighted by Crippen LogP contribution is -2.12. The third-order valence-corrected chi connectivity index (χ3v) is 4.61. The Labute approximate surface area is 160 Å². The van der Waals surface area contributed by atoms with Crippen molar-refractivity contribution in [2.24, 2.45) is 0 Å². The van der Waals surface area contributed by atoms with Crippen LogP contribution in [0.15, 0.2) is 47.6 Å². The maximum Gasteiger partial charge on any atom is 0.210 e. The summed E-state index contributed by atoms with van der Waals surface area (Å²) in [5.74, 6) is 8.76. The van der Waals surface area contributed by atoms with Gasteiger partial charge in [-0.1, -0.05) is 11.8 Å². The second-order valence-electron chi connectivity index (χ2n) is 5.40. The van der Waals surface area contributed by atoms with Gasteiger partial charge in [0.2, 0.25) is 5.16 Å². The smallest absolute Gasteiger partial charge is 0.210 e. The Bertz CT molecular complexity index is 902. The lowest BCUT2D eigenvalue weighted by Gasteiger charge is -2.09. The maximum atomic E-state index is 12.9. The molecule has 1 aromatic heterocycles. The van der Waals surface area contributed by atoms with E-state index < -0.39 is 0 Å². The second-order valence-corrected chi connectivity index (χ2v) is 6.46. The largest absolute Gasteiger partial charge is 0.493 e. The van der Waals surface area contributed by atoms with E-state index in [-0.39, 0.29) is 5.82 Å². The first-order valence-electron chi connectivity index (χ1n) is 8.06. The van der Waals surface area contributed by atoms with Crippen molar-refractivity contribution in [2.75, 3.05) is 32.4 Å². The molecule has 0 bridgehead atoms. The Hall–Kier alpha value is -2.94. The van der Waals surface area contributed by atoms with Gasteiger partial charge in [-0.3, -0.25) is 0 Å². The molecule has 142 valence electrons. The molecule has 2 N–H and O–H groups in total. The molecule has 2 aromatic carbocycles. The Balaban J connectivity index is 1.62. The van der Waals surface area contributed by atoms with Crippen LogP contribution in [0.1, 0.15) is 0 Å². The SMILES string of the molecule is COc1ccc(-c2nnc(SCCOc3ccc(F)cc3)n2N)cc1OC. The monoisotopic (exact) mass is 390 g/mol. The summed E-state index contributed by atoms with van der Waals surface area (Å²) in [5.41, 5.74) is 0.761. The van der Waals surface area contributed by atoms with Crippen molar-refractivity contribution in [2.45, 2.75) is 5.16 Å². The number of nitrogens with zero attached hydrogens (tertiary/aromatic N) is 3. The van der Waals surface area contributed by atoms with Gasteiger partial charge in [-0.25, -0.2) is 9.07 Å². The Morgan fingerprint density at radius 3 is 2.48 bits per heavy atom. The van der Waals surface area contributed by atoms with E-state index in [9.17, 15) is 4.39 Å². The molecule has 27 heavy (non-hydrogen) atoms. The first-order valence-corrected chi connectivity index (χ1v) is 9.05. The minimum Gasteiger partial charge on any atom is -0.493 e. The lowest BCUT2D eigenvalue weighted by molar-refractivity contribution is 0.343. The molecule has 0 unspecified atom stereocenters. The highest BCUT2D eigenvalue weighted by Gasteiger charge is 2.14. The Kier molecular flexibility index (Phi) is 6.02. The van der Waals surface area contributed by atoms with Crippen LogP contribution in [-0.4, -0.2) is 41.5 Å². The van der Waals surface area contributed by atoms with Crippen LogP contribution in [0, 0.1) is 5.82 Å². The average Bonchev–Trinajstić information content (AvgIpc) is 3.06. The second kappa shape index (κ2) is 8.63. The normalized spacial score (nSPS) is 10.6. The molecular weight excluding hydrogens is 371 g/mol. The molecule has 0 radical (unpaired) electrons. The molecular formula is C18H19FN4O3S. The third kappa shape index (κ3) is 4.43. The molecule has 0 spiro atoms. The number of nitrogens with two attached hydrogens (primary N) is 1. The van der Waals surface area contributed by atoms with Gasteiger partial charge >= 0.3 is 0 Å². The van der Waals surface area contributed by atoms with Crippen LogP contribution >= 0.6 is 11.8 Å². The number of nitrogen functional groups attached to an aromatic ring is 1. The van der Waals surface area contributed by atoms with Crippen LogP contribution in [0.2, 0.25) is 0 Å². The fourth-order valence-electron chi connectivity index (χ4n) is 2.37. The van der Waals surface area contributed by atoms with E-state index in [1.54, 1.807) is 38.5 Å². The summed E-state index contributed by atoms with van der Waals surface area (Å²) in [6.45, 7) is 0.425. The standard InChI is InChI=1S/C18H19FN4O3S/c1-24-15-8-3-12(11-16(15)25-2)17-21-22-18(23(17)20)27-10-9-26-14-6-4-13(19)5-7-14/h3-8,11H,9-10,20H2,1-2H3. The zero-order valence-corrected chi connectivity index (χ0v) is 15.7. The fourth-order valence-corrected chi connectivity index (χ4v) is 3.04. The molecule has 0 amide bonds. The summed E-state index contributed by atoms with van der Waals surface area (Å²) in [6.07, 6.45) is 0. The molecule has 0 saturated carbocycles. The fraction of sp³-hybridized carbons (Fsp3) is 0.222. The van der Waals surface area contributed by atoms with Gasteiger partial charge in [0.15, 0.2) is 17.3 Å². The van der Waals surface area contributed by atoms with Crippen LogP contribution in [0.4, 0.5) is 4.39 Å². The van der Waals surface area contributed by atoms with Crippen LogP contribution in [0.25, 0.3) is 11.4 Å². The molecule has 1 heterocycles. The zero-order chi connectivity index (χ0) is 19.2. The first-order chi connectivity index (χ1) is 13.1. The number of hydrogen-bond acceptors (Lipinski definition) is 7. The lowest BCUT2D eigenvalue weighted by atomic mass is 10.2. The van der Waals surface area contributed by atoms with Gasteiger partial charge < -0.3 is 20.1 Å². The summed E-state index contributed by atoms with van der Waals surface area (Å²) >= 11 is 1.41. The predicted molar refractivity (Wildman–Crippen MR) is 101 cm³/mol. The van der Waals surface area contributed by atoms with Gasteiger partial charge in [0, 0.05) is 11.3 Å². The molecule has 7 nitrogen and oxygen atoms in total. The topological polar surface area (TPSA) is 84.4 Å². The van der Waals surface area contributed by atoms with E-state index in [2.05, 4.69) is 10.2 Å². The van der Waals surface area contributed by atoms with E-state index in [1.165, 1.54) is 28.6 Å². The van der Waals surface area contributed by atoms with E-state index in [1.807, 2.05) is 6.07 Å². The maximum absolute atomic E-state index is 12.9. The molecule has 0 aliphatic rings. The molecule has 3 aromatic rings. The van der Waals surface area contributed by atoms with Gasteiger partial charge in [0.05, 0.1) is 20.8 Å². The van der Waals surface area contributed by atoms with Gasteiger partial charge in [0.1, 0.15) is 11.6 Å². The van der Waals surface area contributed by atoms with Crippen molar-refractivity contribution >= 4 is 11.8 Å². The minimum atomic E-state index is -0.296. The third-order valence-electron chi connectivity index (χ3n) is 3.70.